The number of pyridine rings is 1. The molecule has 0 atom stereocenters. The Balaban J connectivity index is 2.27. The summed E-state index contributed by atoms with van der Waals surface area (Å²) in [5.74, 6) is -0.556. The number of halogens is 3. The summed E-state index contributed by atoms with van der Waals surface area (Å²) in [6.07, 6.45) is 1.06. The normalized spacial score (nSPS) is 12.0. The fourth-order valence-corrected chi connectivity index (χ4v) is 1.70. The Morgan fingerprint density at radius 2 is 2.04 bits per heavy atom. The first kappa shape index (κ1) is 17.3. The van der Waals surface area contributed by atoms with Gasteiger partial charge in [0.25, 0.3) is 0 Å². The molecule has 1 aromatic carbocycles. The van der Waals surface area contributed by atoms with Crippen molar-refractivity contribution in [1.29, 1.82) is 0 Å². The highest BCUT2D eigenvalue weighted by atomic mass is 19.4. The molecule has 24 heavy (non-hydrogen) atoms. The van der Waals surface area contributed by atoms with E-state index in [0.717, 1.165) is 12.1 Å². The summed E-state index contributed by atoms with van der Waals surface area (Å²) in [6.45, 7) is 0. The van der Waals surface area contributed by atoms with E-state index in [1.807, 2.05) is 0 Å². The van der Waals surface area contributed by atoms with Crippen molar-refractivity contribution in [1.82, 2.24) is 4.98 Å². The van der Waals surface area contributed by atoms with Gasteiger partial charge in [-0.25, -0.2) is 4.79 Å². The number of rotatable bonds is 4. The second-order valence-electron chi connectivity index (χ2n) is 4.54. The van der Waals surface area contributed by atoms with Crippen molar-refractivity contribution in [2.24, 2.45) is 10.2 Å². The van der Waals surface area contributed by atoms with Crippen LogP contribution in [0.4, 0.5) is 24.5 Å². The first-order valence-corrected chi connectivity index (χ1v) is 6.69. The summed E-state index contributed by atoms with van der Waals surface area (Å²) < 4.78 is 42.5. The number of carbonyl (C=O) groups is 1. The number of hydrogen-bond acceptors (Lipinski definition) is 5. The summed E-state index contributed by atoms with van der Waals surface area (Å²) in [5, 5.41) is 7.72. The first-order chi connectivity index (χ1) is 11.4. The van der Waals surface area contributed by atoms with Gasteiger partial charge in [0.15, 0.2) is 0 Å². The largest absolute Gasteiger partial charge is 0.466 e. The van der Waals surface area contributed by atoms with Crippen LogP contribution in [0.25, 0.3) is 6.08 Å². The summed E-state index contributed by atoms with van der Waals surface area (Å²) in [6, 6.07) is 6.03. The van der Waals surface area contributed by atoms with Crippen LogP contribution < -0.4 is 0 Å². The zero-order valence-corrected chi connectivity index (χ0v) is 12.5. The Morgan fingerprint density at radius 3 is 2.75 bits per heavy atom. The van der Waals surface area contributed by atoms with E-state index in [-0.39, 0.29) is 5.69 Å². The van der Waals surface area contributed by atoms with E-state index in [0.29, 0.717) is 11.3 Å². The maximum Gasteiger partial charge on any atom is 0.416 e. The minimum absolute atomic E-state index is 0.0598. The standard InChI is InChI=1S/C16H12F3N3O2/c1-24-15(23)6-5-11-10-20-8-7-14(11)22-21-13-4-2-3-12(9-13)16(17,18)19/h2-10H,1H3/b6-5+,22-21-. The number of alkyl halides is 3. The van der Waals surface area contributed by atoms with E-state index in [9.17, 15) is 18.0 Å². The summed E-state index contributed by atoms with van der Waals surface area (Å²) in [4.78, 5) is 15.0. The number of ether oxygens (including phenoxy) is 1. The number of esters is 1. The van der Waals surface area contributed by atoms with E-state index >= 15 is 0 Å². The third kappa shape index (κ3) is 4.73. The van der Waals surface area contributed by atoms with Gasteiger partial charge in [-0.1, -0.05) is 6.07 Å². The lowest BCUT2D eigenvalue weighted by Crippen LogP contribution is -2.03. The molecule has 1 aromatic heterocycles. The van der Waals surface area contributed by atoms with Crippen LogP contribution in [0, 0.1) is 0 Å². The molecule has 2 aromatic rings. The number of methoxy groups -OCH3 is 1. The Labute approximate surface area is 135 Å². The average Bonchev–Trinajstić information content (AvgIpc) is 2.58. The SMILES string of the molecule is COC(=O)/C=C/c1cnccc1/N=N\c1cccc(C(F)(F)F)c1. The summed E-state index contributed by atoms with van der Waals surface area (Å²) in [7, 11) is 1.24. The second-order valence-corrected chi connectivity index (χ2v) is 4.54. The fourth-order valence-electron chi connectivity index (χ4n) is 1.70. The van der Waals surface area contributed by atoms with Crippen molar-refractivity contribution in [3.05, 3.63) is 59.9 Å². The molecule has 0 bridgehead atoms. The molecule has 8 heteroatoms. The van der Waals surface area contributed by atoms with Crippen molar-refractivity contribution in [3.8, 4) is 0 Å². The number of azo groups is 1. The number of nitrogens with zero attached hydrogens (tertiary/aromatic N) is 3. The number of hydrogen-bond donors (Lipinski definition) is 0. The minimum Gasteiger partial charge on any atom is -0.466 e. The average molecular weight is 335 g/mol. The Hall–Kier alpha value is -3.03. The van der Waals surface area contributed by atoms with Gasteiger partial charge in [0.2, 0.25) is 0 Å². The van der Waals surface area contributed by atoms with Crippen LogP contribution in [-0.2, 0) is 15.7 Å². The number of benzene rings is 1. The lowest BCUT2D eigenvalue weighted by Gasteiger charge is -2.06. The van der Waals surface area contributed by atoms with E-state index < -0.39 is 17.7 Å². The highest BCUT2D eigenvalue weighted by Crippen LogP contribution is 2.32. The molecule has 2 rings (SSSR count). The Kier molecular flexibility index (Phi) is 5.41. The quantitative estimate of drug-likeness (QED) is 0.462. The van der Waals surface area contributed by atoms with Gasteiger partial charge in [-0.15, -0.1) is 5.11 Å². The maximum atomic E-state index is 12.7. The number of carbonyl (C=O) groups excluding carboxylic acids is 1. The van der Waals surface area contributed by atoms with Crippen LogP contribution in [-0.4, -0.2) is 18.1 Å². The monoisotopic (exact) mass is 335 g/mol. The molecule has 1 heterocycles. The van der Waals surface area contributed by atoms with Crippen LogP contribution in [0.3, 0.4) is 0 Å². The van der Waals surface area contributed by atoms with Crippen LogP contribution in [0.2, 0.25) is 0 Å². The zero-order chi connectivity index (χ0) is 17.6. The van der Waals surface area contributed by atoms with Gasteiger partial charge >= 0.3 is 12.1 Å². The summed E-state index contributed by atoms with van der Waals surface area (Å²) in [5.41, 5.74) is 0.0743. The molecule has 0 N–H and O–H groups in total. The third-order valence-corrected chi connectivity index (χ3v) is 2.87. The molecule has 0 aliphatic heterocycles. The molecule has 0 aliphatic rings. The summed E-state index contributed by atoms with van der Waals surface area (Å²) >= 11 is 0. The van der Waals surface area contributed by atoms with Crippen molar-refractivity contribution >= 4 is 23.4 Å². The fraction of sp³-hybridized carbons (Fsp3) is 0.125. The Bertz CT molecular complexity index is 786. The van der Waals surface area contributed by atoms with Gasteiger partial charge in [-0.3, -0.25) is 4.98 Å². The molecule has 0 spiro atoms. The first-order valence-electron chi connectivity index (χ1n) is 6.69. The Morgan fingerprint density at radius 1 is 1.25 bits per heavy atom. The molecule has 0 fully saturated rings. The van der Waals surface area contributed by atoms with Gasteiger partial charge in [-0.2, -0.15) is 18.3 Å². The zero-order valence-electron chi connectivity index (χ0n) is 12.5. The highest BCUT2D eigenvalue weighted by Gasteiger charge is 2.30. The molecule has 0 saturated heterocycles. The lowest BCUT2D eigenvalue weighted by molar-refractivity contribution is -0.137. The van der Waals surface area contributed by atoms with Crippen LogP contribution in [0.5, 0.6) is 0 Å². The van der Waals surface area contributed by atoms with Gasteiger partial charge < -0.3 is 4.74 Å². The third-order valence-electron chi connectivity index (χ3n) is 2.87. The van der Waals surface area contributed by atoms with Gasteiger partial charge in [0.1, 0.15) is 0 Å². The van der Waals surface area contributed by atoms with Gasteiger partial charge in [0.05, 0.1) is 24.0 Å². The van der Waals surface area contributed by atoms with E-state index in [2.05, 4.69) is 19.9 Å². The molecule has 0 amide bonds. The van der Waals surface area contributed by atoms with E-state index in [4.69, 9.17) is 0 Å². The molecule has 5 nitrogen and oxygen atoms in total. The minimum atomic E-state index is -4.45. The molecule has 124 valence electrons. The highest BCUT2D eigenvalue weighted by molar-refractivity contribution is 5.87. The number of aromatic nitrogens is 1. The van der Waals surface area contributed by atoms with E-state index in [1.165, 1.54) is 49.9 Å². The smallest absolute Gasteiger partial charge is 0.416 e. The molecular formula is C16H12F3N3O2. The predicted octanol–water partition coefficient (Wildman–Crippen LogP) is 4.70. The van der Waals surface area contributed by atoms with Crippen LogP contribution in [0.1, 0.15) is 11.1 Å². The molecule has 0 saturated carbocycles. The molecular weight excluding hydrogens is 323 g/mol. The lowest BCUT2D eigenvalue weighted by atomic mass is 10.2. The van der Waals surface area contributed by atoms with Gasteiger partial charge in [-0.05, 0) is 30.3 Å². The molecule has 0 radical (unpaired) electrons. The van der Waals surface area contributed by atoms with Crippen LogP contribution in [0.15, 0.2) is 59.0 Å². The topological polar surface area (TPSA) is 63.9 Å². The molecule has 0 aliphatic carbocycles. The van der Waals surface area contributed by atoms with Crippen molar-refractivity contribution < 1.29 is 22.7 Å². The van der Waals surface area contributed by atoms with Crippen LogP contribution >= 0.6 is 0 Å². The second kappa shape index (κ2) is 7.49. The van der Waals surface area contributed by atoms with Crippen molar-refractivity contribution in [2.45, 2.75) is 6.18 Å². The van der Waals surface area contributed by atoms with Crippen molar-refractivity contribution in [2.75, 3.05) is 7.11 Å². The predicted molar refractivity (Wildman–Crippen MR) is 80.9 cm³/mol. The van der Waals surface area contributed by atoms with Crippen molar-refractivity contribution in [3.63, 3.8) is 0 Å². The van der Waals surface area contributed by atoms with Gasteiger partial charge in [0, 0.05) is 24.0 Å². The van der Waals surface area contributed by atoms with E-state index in [1.54, 1.807) is 0 Å². The maximum absolute atomic E-state index is 12.7. The molecule has 0 unspecified atom stereocenters.